The molecule has 9 heteroatoms. The van der Waals surface area contributed by atoms with Gasteiger partial charge < -0.3 is 18.6 Å². The highest BCUT2D eigenvalue weighted by Crippen LogP contribution is 2.30. The summed E-state index contributed by atoms with van der Waals surface area (Å²) in [5.74, 6) is 2.00. The van der Waals surface area contributed by atoms with Crippen LogP contribution in [0.1, 0.15) is 29.3 Å². The van der Waals surface area contributed by atoms with Crippen molar-refractivity contribution in [2.24, 2.45) is 5.92 Å². The molecule has 1 atom stereocenters. The van der Waals surface area contributed by atoms with Crippen LogP contribution in [0.25, 0.3) is 22.5 Å². The van der Waals surface area contributed by atoms with Crippen LogP contribution in [0, 0.1) is 5.92 Å². The number of ether oxygens (including phenoxy) is 1. The Balaban J connectivity index is 1.28. The fraction of sp³-hybridized carbons (Fsp3) is 0.318. The van der Waals surface area contributed by atoms with Crippen LogP contribution in [0.2, 0.25) is 0 Å². The van der Waals surface area contributed by atoms with E-state index >= 15 is 0 Å². The summed E-state index contributed by atoms with van der Waals surface area (Å²) in [7, 11) is 1.58. The van der Waals surface area contributed by atoms with Crippen molar-refractivity contribution in [2.75, 3.05) is 20.2 Å². The van der Waals surface area contributed by atoms with Crippen molar-refractivity contribution in [3.05, 3.63) is 54.5 Å². The molecule has 9 nitrogen and oxygen atoms in total. The van der Waals surface area contributed by atoms with Crippen molar-refractivity contribution in [2.45, 2.75) is 19.3 Å². The van der Waals surface area contributed by atoms with Gasteiger partial charge in [0, 0.05) is 37.3 Å². The molecular weight excluding hydrogens is 398 g/mol. The second kappa shape index (κ2) is 8.17. The smallest absolute Gasteiger partial charge is 0.289 e. The number of para-hydroxylation sites is 1. The van der Waals surface area contributed by atoms with Crippen LogP contribution < -0.4 is 4.74 Å². The fourth-order valence-corrected chi connectivity index (χ4v) is 3.98. The Morgan fingerprint density at radius 2 is 2.26 bits per heavy atom. The molecule has 4 heterocycles. The molecule has 0 spiro atoms. The van der Waals surface area contributed by atoms with E-state index in [-0.39, 0.29) is 11.8 Å². The molecule has 1 aromatic carbocycles. The van der Waals surface area contributed by atoms with Gasteiger partial charge in [0.05, 0.1) is 13.3 Å². The molecular formula is C22H21N5O4. The lowest BCUT2D eigenvalue weighted by Gasteiger charge is -2.31. The molecule has 0 bridgehead atoms. The van der Waals surface area contributed by atoms with Gasteiger partial charge in [-0.15, -0.1) is 0 Å². The Morgan fingerprint density at radius 3 is 3.10 bits per heavy atom. The van der Waals surface area contributed by atoms with E-state index in [1.54, 1.807) is 31.8 Å². The molecule has 0 unspecified atom stereocenters. The molecule has 1 amide bonds. The van der Waals surface area contributed by atoms with E-state index in [0.29, 0.717) is 54.0 Å². The SMILES string of the molecule is COc1cccc2cc(C(=O)N3CCC[C@H](Cc4nc(-c5cnccn5)no4)C3)oc12. The summed E-state index contributed by atoms with van der Waals surface area (Å²) in [5, 5.41) is 4.84. The zero-order valence-electron chi connectivity index (χ0n) is 17.0. The van der Waals surface area contributed by atoms with Crippen LogP contribution in [0.4, 0.5) is 0 Å². The number of carbonyl (C=O) groups is 1. The topological polar surface area (TPSA) is 107 Å². The van der Waals surface area contributed by atoms with E-state index in [1.165, 1.54) is 0 Å². The Labute approximate surface area is 178 Å². The van der Waals surface area contributed by atoms with Crippen LogP contribution in [-0.4, -0.2) is 51.1 Å². The third kappa shape index (κ3) is 3.86. The van der Waals surface area contributed by atoms with Gasteiger partial charge in [0.15, 0.2) is 17.1 Å². The normalized spacial score (nSPS) is 16.5. The minimum Gasteiger partial charge on any atom is -0.493 e. The molecule has 4 aromatic rings. The average Bonchev–Trinajstić information content (AvgIpc) is 3.46. The molecule has 1 saturated heterocycles. The number of furan rings is 1. The molecule has 0 saturated carbocycles. The fourth-order valence-electron chi connectivity index (χ4n) is 3.98. The molecule has 0 N–H and O–H groups in total. The number of hydrogen-bond acceptors (Lipinski definition) is 8. The Hall–Kier alpha value is -3.75. The van der Waals surface area contributed by atoms with Crippen molar-refractivity contribution >= 4 is 16.9 Å². The Kier molecular flexibility index (Phi) is 5.07. The molecule has 1 fully saturated rings. The number of piperidine rings is 1. The third-order valence-electron chi connectivity index (χ3n) is 5.47. The number of likely N-dealkylation sites (tertiary alicyclic amines) is 1. The highest BCUT2D eigenvalue weighted by molar-refractivity contribution is 5.97. The monoisotopic (exact) mass is 419 g/mol. The molecule has 5 rings (SSSR count). The van der Waals surface area contributed by atoms with Crippen LogP contribution in [-0.2, 0) is 6.42 Å². The number of nitrogens with zero attached hydrogens (tertiary/aromatic N) is 5. The highest BCUT2D eigenvalue weighted by Gasteiger charge is 2.28. The lowest BCUT2D eigenvalue weighted by molar-refractivity contribution is 0.0638. The average molecular weight is 419 g/mol. The van der Waals surface area contributed by atoms with Crippen LogP contribution in [0.5, 0.6) is 5.75 Å². The largest absolute Gasteiger partial charge is 0.493 e. The summed E-state index contributed by atoms with van der Waals surface area (Å²) in [4.78, 5) is 27.6. The maximum Gasteiger partial charge on any atom is 0.289 e. The first-order chi connectivity index (χ1) is 15.2. The second-order valence-electron chi connectivity index (χ2n) is 7.56. The van der Waals surface area contributed by atoms with E-state index in [9.17, 15) is 4.79 Å². The number of amides is 1. The summed E-state index contributed by atoms with van der Waals surface area (Å²) in [6.07, 6.45) is 7.27. The number of benzene rings is 1. The minimum atomic E-state index is -0.117. The first kappa shape index (κ1) is 19.2. The van der Waals surface area contributed by atoms with Crippen LogP contribution in [0.15, 0.2) is 51.8 Å². The number of carbonyl (C=O) groups excluding carboxylic acids is 1. The first-order valence-corrected chi connectivity index (χ1v) is 10.2. The first-order valence-electron chi connectivity index (χ1n) is 10.2. The predicted molar refractivity (Wildman–Crippen MR) is 110 cm³/mol. The maximum atomic E-state index is 13.1. The van der Waals surface area contributed by atoms with E-state index in [1.807, 2.05) is 23.1 Å². The van der Waals surface area contributed by atoms with Gasteiger partial charge in [-0.1, -0.05) is 17.3 Å². The standard InChI is InChI=1S/C22H21N5O4/c1-29-17-6-2-5-15-11-18(30-20(15)17)22(28)27-9-3-4-14(13-27)10-19-25-21(26-31-19)16-12-23-7-8-24-16/h2,5-8,11-12,14H,3-4,9-10,13H2,1H3/t14-/m1/s1. The molecule has 0 aliphatic carbocycles. The Morgan fingerprint density at radius 1 is 1.32 bits per heavy atom. The van der Waals surface area contributed by atoms with Gasteiger partial charge in [0.1, 0.15) is 5.69 Å². The summed E-state index contributed by atoms with van der Waals surface area (Å²) < 4.78 is 16.6. The molecule has 158 valence electrons. The predicted octanol–water partition coefficient (Wildman–Crippen LogP) is 3.38. The van der Waals surface area contributed by atoms with Gasteiger partial charge in [-0.25, -0.2) is 4.98 Å². The van der Waals surface area contributed by atoms with Crippen molar-refractivity contribution in [1.82, 2.24) is 25.0 Å². The number of fused-ring (bicyclic) bond motifs is 1. The molecule has 1 aliphatic heterocycles. The van der Waals surface area contributed by atoms with Gasteiger partial charge in [-0.2, -0.15) is 4.98 Å². The number of rotatable bonds is 5. The summed E-state index contributed by atoms with van der Waals surface area (Å²) in [5.41, 5.74) is 1.16. The maximum absolute atomic E-state index is 13.1. The van der Waals surface area contributed by atoms with Crippen molar-refractivity contribution in [3.8, 4) is 17.3 Å². The van der Waals surface area contributed by atoms with Crippen molar-refractivity contribution < 1.29 is 18.5 Å². The van der Waals surface area contributed by atoms with Gasteiger partial charge in [-0.05, 0) is 30.9 Å². The lowest BCUT2D eigenvalue weighted by Crippen LogP contribution is -2.40. The van der Waals surface area contributed by atoms with E-state index < -0.39 is 0 Å². The Bertz CT molecular complexity index is 1200. The third-order valence-corrected chi connectivity index (χ3v) is 5.47. The zero-order chi connectivity index (χ0) is 21.2. The van der Waals surface area contributed by atoms with Crippen LogP contribution in [0.3, 0.4) is 0 Å². The van der Waals surface area contributed by atoms with Gasteiger partial charge >= 0.3 is 0 Å². The van der Waals surface area contributed by atoms with E-state index in [0.717, 1.165) is 18.2 Å². The van der Waals surface area contributed by atoms with Crippen molar-refractivity contribution in [3.63, 3.8) is 0 Å². The van der Waals surface area contributed by atoms with Gasteiger partial charge in [-0.3, -0.25) is 9.78 Å². The summed E-state index contributed by atoms with van der Waals surface area (Å²) in [6, 6.07) is 7.37. The second-order valence-corrected chi connectivity index (χ2v) is 7.56. The molecule has 3 aromatic heterocycles. The minimum absolute atomic E-state index is 0.117. The zero-order valence-corrected chi connectivity index (χ0v) is 17.0. The van der Waals surface area contributed by atoms with E-state index in [2.05, 4.69) is 20.1 Å². The molecule has 1 aliphatic rings. The van der Waals surface area contributed by atoms with Gasteiger partial charge in [0.2, 0.25) is 11.7 Å². The molecule has 31 heavy (non-hydrogen) atoms. The number of hydrogen-bond donors (Lipinski definition) is 0. The van der Waals surface area contributed by atoms with Gasteiger partial charge in [0.25, 0.3) is 5.91 Å². The number of aromatic nitrogens is 4. The van der Waals surface area contributed by atoms with E-state index in [4.69, 9.17) is 13.7 Å². The lowest BCUT2D eigenvalue weighted by atomic mass is 9.94. The van der Waals surface area contributed by atoms with Crippen molar-refractivity contribution in [1.29, 1.82) is 0 Å². The quantitative estimate of drug-likeness (QED) is 0.484. The van der Waals surface area contributed by atoms with Crippen LogP contribution >= 0.6 is 0 Å². The number of methoxy groups -OCH3 is 1. The summed E-state index contributed by atoms with van der Waals surface area (Å²) >= 11 is 0. The molecule has 0 radical (unpaired) electrons. The summed E-state index contributed by atoms with van der Waals surface area (Å²) in [6.45, 7) is 1.30. The highest BCUT2D eigenvalue weighted by atomic mass is 16.5.